The normalized spacial score (nSPS) is 12.7. The molecule has 0 aliphatic heterocycles. The monoisotopic (exact) mass is 280 g/mol. The number of carbonyl (C=O) groups excluding carboxylic acids is 1. The number of anilines is 1. The van der Waals surface area contributed by atoms with Crippen molar-refractivity contribution in [1.29, 1.82) is 0 Å². The van der Waals surface area contributed by atoms with Gasteiger partial charge in [0.1, 0.15) is 11.5 Å². The van der Waals surface area contributed by atoms with E-state index in [1.54, 1.807) is 32.2 Å². The maximum absolute atomic E-state index is 12.0. The first-order valence-corrected chi connectivity index (χ1v) is 6.71. The third-order valence-electron chi connectivity index (χ3n) is 3.23. The number of methoxy groups -OCH3 is 1. The molecule has 5 heteroatoms. The van der Waals surface area contributed by atoms with Crippen LogP contribution in [0.5, 0.6) is 11.5 Å². The Balaban J connectivity index is 2.68. The molecule has 0 spiro atoms. The first kappa shape index (κ1) is 16.1. The quantitative estimate of drug-likeness (QED) is 0.784. The van der Waals surface area contributed by atoms with E-state index in [-0.39, 0.29) is 11.4 Å². The number of nitrogens with two attached hydrogens (primary N) is 1. The van der Waals surface area contributed by atoms with Crippen LogP contribution < -0.4 is 20.5 Å². The number of nitrogen functional groups attached to an aromatic ring is 1. The standard InChI is InChI=1S/C15H24N2O3/c1-6-15(3,4)17-14(18)10(2)20-11-7-8-13(19-5)12(16)9-11/h7-10H,6,16H2,1-5H3,(H,17,18). The first-order chi connectivity index (χ1) is 9.29. The molecule has 1 atom stereocenters. The summed E-state index contributed by atoms with van der Waals surface area (Å²) in [5, 5.41) is 2.94. The van der Waals surface area contributed by atoms with E-state index in [2.05, 4.69) is 5.32 Å². The minimum absolute atomic E-state index is 0.147. The Morgan fingerprint density at radius 2 is 2.10 bits per heavy atom. The van der Waals surface area contributed by atoms with Gasteiger partial charge in [-0.25, -0.2) is 0 Å². The van der Waals surface area contributed by atoms with Gasteiger partial charge in [-0.1, -0.05) is 6.92 Å². The molecule has 3 N–H and O–H groups in total. The Kier molecular flexibility index (Phi) is 5.25. The van der Waals surface area contributed by atoms with Crippen molar-refractivity contribution in [2.75, 3.05) is 12.8 Å². The van der Waals surface area contributed by atoms with Gasteiger partial charge in [0.05, 0.1) is 12.8 Å². The van der Waals surface area contributed by atoms with Gasteiger partial charge >= 0.3 is 0 Å². The van der Waals surface area contributed by atoms with Crippen molar-refractivity contribution in [3.8, 4) is 11.5 Å². The van der Waals surface area contributed by atoms with E-state index in [0.29, 0.717) is 17.2 Å². The van der Waals surface area contributed by atoms with Crippen LogP contribution in [0, 0.1) is 0 Å². The highest BCUT2D eigenvalue weighted by atomic mass is 16.5. The largest absolute Gasteiger partial charge is 0.495 e. The molecule has 5 nitrogen and oxygen atoms in total. The summed E-state index contributed by atoms with van der Waals surface area (Å²) in [5.74, 6) is 0.980. The molecule has 1 aromatic rings. The summed E-state index contributed by atoms with van der Waals surface area (Å²) in [6.07, 6.45) is 0.259. The van der Waals surface area contributed by atoms with Crippen LogP contribution in [0.3, 0.4) is 0 Å². The predicted octanol–water partition coefficient (Wildman–Crippen LogP) is 2.35. The van der Waals surface area contributed by atoms with Gasteiger partial charge in [-0.2, -0.15) is 0 Å². The number of hydrogen-bond acceptors (Lipinski definition) is 4. The topological polar surface area (TPSA) is 73.6 Å². The van der Waals surface area contributed by atoms with Gasteiger partial charge in [0, 0.05) is 11.6 Å². The van der Waals surface area contributed by atoms with Gasteiger partial charge in [0.2, 0.25) is 0 Å². The van der Waals surface area contributed by atoms with Gasteiger partial charge in [-0.05, 0) is 39.3 Å². The molecule has 112 valence electrons. The van der Waals surface area contributed by atoms with Crippen molar-refractivity contribution in [3.63, 3.8) is 0 Å². The van der Waals surface area contributed by atoms with Gasteiger partial charge in [0.25, 0.3) is 5.91 Å². The lowest BCUT2D eigenvalue weighted by molar-refractivity contribution is -0.128. The third-order valence-corrected chi connectivity index (χ3v) is 3.23. The summed E-state index contributed by atoms with van der Waals surface area (Å²) in [4.78, 5) is 12.0. The summed E-state index contributed by atoms with van der Waals surface area (Å²) in [6, 6.07) is 5.09. The highest BCUT2D eigenvalue weighted by Gasteiger charge is 2.23. The van der Waals surface area contributed by atoms with Crippen molar-refractivity contribution in [2.24, 2.45) is 0 Å². The van der Waals surface area contributed by atoms with Crippen molar-refractivity contribution < 1.29 is 14.3 Å². The highest BCUT2D eigenvalue weighted by Crippen LogP contribution is 2.26. The van der Waals surface area contributed by atoms with E-state index in [1.807, 2.05) is 20.8 Å². The average Bonchev–Trinajstić information content (AvgIpc) is 2.38. The second kappa shape index (κ2) is 6.50. The molecule has 0 radical (unpaired) electrons. The molecule has 0 heterocycles. The summed E-state index contributed by atoms with van der Waals surface area (Å²) in [6.45, 7) is 7.68. The molecule has 0 saturated carbocycles. The molecular weight excluding hydrogens is 256 g/mol. The van der Waals surface area contributed by atoms with Crippen LogP contribution in [0.1, 0.15) is 34.1 Å². The summed E-state index contributed by atoms with van der Waals surface area (Å²) >= 11 is 0. The lowest BCUT2D eigenvalue weighted by atomic mass is 10.0. The number of rotatable bonds is 6. The van der Waals surface area contributed by atoms with Crippen LogP contribution in [0.15, 0.2) is 18.2 Å². The average molecular weight is 280 g/mol. The molecule has 0 aromatic heterocycles. The summed E-state index contributed by atoms with van der Waals surface area (Å²) in [7, 11) is 1.55. The van der Waals surface area contributed by atoms with Crippen molar-refractivity contribution >= 4 is 11.6 Å². The zero-order chi connectivity index (χ0) is 15.3. The van der Waals surface area contributed by atoms with Crippen molar-refractivity contribution in [2.45, 2.75) is 45.8 Å². The maximum atomic E-state index is 12.0. The lowest BCUT2D eigenvalue weighted by Crippen LogP contribution is -2.48. The van der Waals surface area contributed by atoms with Crippen LogP contribution in [0.4, 0.5) is 5.69 Å². The number of hydrogen-bond donors (Lipinski definition) is 2. The van der Waals surface area contributed by atoms with Crippen LogP contribution in [0.25, 0.3) is 0 Å². The SMILES string of the molecule is CCC(C)(C)NC(=O)C(C)Oc1ccc(OC)c(N)c1. The van der Waals surface area contributed by atoms with E-state index >= 15 is 0 Å². The number of nitrogens with one attached hydrogen (secondary N) is 1. The maximum Gasteiger partial charge on any atom is 0.261 e. The van der Waals surface area contributed by atoms with E-state index < -0.39 is 6.10 Å². The zero-order valence-corrected chi connectivity index (χ0v) is 12.8. The fourth-order valence-electron chi connectivity index (χ4n) is 1.57. The minimum atomic E-state index is -0.589. The van der Waals surface area contributed by atoms with E-state index in [4.69, 9.17) is 15.2 Å². The van der Waals surface area contributed by atoms with Crippen LogP contribution in [-0.2, 0) is 4.79 Å². The number of ether oxygens (including phenoxy) is 2. The molecule has 1 rings (SSSR count). The number of benzene rings is 1. The molecule has 0 saturated heterocycles. The zero-order valence-electron chi connectivity index (χ0n) is 12.8. The fraction of sp³-hybridized carbons (Fsp3) is 0.533. The summed E-state index contributed by atoms with van der Waals surface area (Å²) in [5.41, 5.74) is 6.04. The Morgan fingerprint density at radius 1 is 1.45 bits per heavy atom. The molecule has 1 unspecified atom stereocenters. The molecular formula is C15H24N2O3. The summed E-state index contributed by atoms with van der Waals surface area (Å²) < 4.78 is 10.7. The highest BCUT2D eigenvalue weighted by molar-refractivity contribution is 5.81. The Morgan fingerprint density at radius 3 is 2.60 bits per heavy atom. The minimum Gasteiger partial charge on any atom is -0.495 e. The molecule has 0 aliphatic rings. The van der Waals surface area contributed by atoms with E-state index in [0.717, 1.165) is 6.42 Å². The third kappa shape index (κ3) is 4.33. The molecule has 1 amide bonds. The van der Waals surface area contributed by atoms with Crippen LogP contribution >= 0.6 is 0 Å². The molecule has 0 bridgehead atoms. The Hall–Kier alpha value is -1.91. The molecule has 20 heavy (non-hydrogen) atoms. The lowest BCUT2D eigenvalue weighted by Gasteiger charge is -2.26. The van der Waals surface area contributed by atoms with Crippen LogP contribution in [-0.4, -0.2) is 24.7 Å². The second-order valence-corrected chi connectivity index (χ2v) is 5.39. The molecule has 0 fully saturated rings. The Labute approximate surface area is 120 Å². The molecule has 0 aliphatic carbocycles. The fourth-order valence-corrected chi connectivity index (χ4v) is 1.57. The van der Waals surface area contributed by atoms with Crippen LogP contribution in [0.2, 0.25) is 0 Å². The first-order valence-electron chi connectivity index (χ1n) is 6.71. The Bertz CT molecular complexity index is 472. The second-order valence-electron chi connectivity index (χ2n) is 5.39. The van der Waals surface area contributed by atoms with Gasteiger partial charge in [0.15, 0.2) is 6.10 Å². The van der Waals surface area contributed by atoms with Gasteiger partial charge in [-0.15, -0.1) is 0 Å². The number of amides is 1. The van der Waals surface area contributed by atoms with E-state index in [1.165, 1.54) is 0 Å². The van der Waals surface area contributed by atoms with E-state index in [9.17, 15) is 4.79 Å². The van der Waals surface area contributed by atoms with Gasteiger partial charge < -0.3 is 20.5 Å². The number of carbonyl (C=O) groups is 1. The van der Waals surface area contributed by atoms with Crippen molar-refractivity contribution in [3.05, 3.63) is 18.2 Å². The van der Waals surface area contributed by atoms with Gasteiger partial charge in [-0.3, -0.25) is 4.79 Å². The predicted molar refractivity (Wildman–Crippen MR) is 80.0 cm³/mol. The van der Waals surface area contributed by atoms with Crippen molar-refractivity contribution in [1.82, 2.24) is 5.32 Å². The smallest absolute Gasteiger partial charge is 0.261 e. The molecule has 1 aromatic carbocycles.